The van der Waals surface area contributed by atoms with Crippen LogP contribution in [0.3, 0.4) is 0 Å². The Kier molecular flexibility index (Phi) is 1.67. The topological polar surface area (TPSA) is 52.5 Å². The Morgan fingerprint density at radius 1 is 1.18 bits per heavy atom. The smallest absolute Gasteiger partial charge is 0.0510 e. The second-order valence-electron chi connectivity index (χ2n) is 4.02. The van der Waals surface area contributed by atoms with E-state index < -0.39 is 0 Å². The molecular formula is C8H15NO2. The quantitative estimate of drug-likeness (QED) is 0.505. The molecule has 2 unspecified atom stereocenters. The highest BCUT2D eigenvalue weighted by atomic mass is 16.3. The van der Waals surface area contributed by atoms with Crippen LogP contribution >= 0.6 is 0 Å². The highest BCUT2D eigenvalue weighted by molar-refractivity contribution is 5.02. The molecular weight excluding hydrogens is 142 g/mol. The van der Waals surface area contributed by atoms with Crippen LogP contribution in [-0.4, -0.2) is 35.5 Å². The third-order valence-electron chi connectivity index (χ3n) is 3.07. The molecule has 3 N–H and O–H groups in total. The number of piperidine rings is 1. The van der Waals surface area contributed by atoms with Crippen molar-refractivity contribution in [2.45, 2.75) is 31.3 Å². The molecule has 0 spiro atoms. The molecule has 0 amide bonds. The van der Waals surface area contributed by atoms with E-state index in [1.165, 1.54) is 6.42 Å². The molecule has 2 aliphatic heterocycles. The Hall–Kier alpha value is -0.120. The maximum atomic E-state index is 9.09. The van der Waals surface area contributed by atoms with Crippen molar-refractivity contribution >= 4 is 0 Å². The third-order valence-corrected chi connectivity index (χ3v) is 3.07. The highest BCUT2D eigenvalue weighted by Crippen LogP contribution is 2.41. The molecule has 3 nitrogen and oxygen atoms in total. The second kappa shape index (κ2) is 2.44. The molecule has 2 saturated heterocycles. The van der Waals surface area contributed by atoms with E-state index in [0.717, 1.165) is 12.8 Å². The highest BCUT2D eigenvalue weighted by Gasteiger charge is 2.46. The summed E-state index contributed by atoms with van der Waals surface area (Å²) in [6.07, 6.45) is 3.12. The van der Waals surface area contributed by atoms with Crippen molar-refractivity contribution < 1.29 is 10.2 Å². The number of rotatable bonds is 2. The maximum absolute atomic E-state index is 9.09. The third kappa shape index (κ3) is 1.08. The minimum absolute atomic E-state index is 0.137. The van der Waals surface area contributed by atoms with Crippen LogP contribution in [0.25, 0.3) is 0 Å². The van der Waals surface area contributed by atoms with E-state index in [2.05, 4.69) is 5.32 Å². The number of fused-ring (bicyclic) bond motifs is 2. The van der Waals surface area contributed by atoms with Crippen molar-refractivity contribution in [3.05, 3.63) is 0 Å². The number of aliphatic hydroxyl groups excluding tert-OH is 2. The van der Waals surface area contributed by atoms with E-state index in [4.69, 9.17) is 10.2 Å². The predicted molar refractivity (Wildman–Crippen MR) is 41.2 cm³/mol. The normalized spacial score (nSPS) is 39.8. The first-order chi connectivity index (χ1) is 5.28. The van der Waals surface area contributed by atoms with E-state index in [1.807, 2.05) is 0 Å². The average molecular weight is 157 g/mol. The Labute approximate surface area is 66.4 Å². The van der Waals surface area contributed by atoms with E-state index in [0.29, 0.717) is 12.1 Å². The molecule has 2 bridgehead atoms. The fourth-order valence-electron chi connectivity index (χ4n) is 2.37. The fourth-order valence-corrected chi connectivity index (χ4v) is 2.37. The van der Waals surface area contributed by atoms with Crippen LogP contribution in [0.2, 0.25) is 0 Å². The summed E-state index contributed by atoms with van der Waals surface area (Å²) < 4.78 is 0. The lowest BCUT2D eigenvalue weighted by atomic mass is 9.66. The van der Waals surface area contributed by atoms with Gasteiger partial charge >= 0.3 is 0 Å². The van der Waals surface area contributed by atoms with E-state index >= 15 is 0 Å². The van der Waals surface area contributed by atoms with Gasteiger partial charge in [-0.05, 0) is 19.3 Å². The Morgan fingerprint density at radius 2 is 1.64 bits per heavy atom. The molecule has 0 aromatic rings. The Morgan fingerprint density at radius 3 is 1.91 bits per heavy atom. The van der Waals surface area contributed by atoms with Crippen LogP contribution in [0.15, 0.2) is 0 Å². The van der Waals surface area contributed by atoms with Gasteiger partial charge in [-0.3, -0.25) is 0 Å². The van der Waals surface area contributed by atoms with Crippen LogP contribution in [-0.2, 0) is 0 Å². The lowest BCUT2D eigenvalue weighted by Crippen LogP contribution is -2.62. The largest absolute Gasteiger partial charge is 0.396 e. The summed E-state index contributed by atoms with van der Waals surface area (Å²) in [5.74, 6) is 0. The van der Waals surface area contributed by atoms with Gasteiger partial charge in [0, 0.05) is 17.5 Å². The summed E-state index contributed by atoms with van der Waals surface area (Å²) in [6.45, 7) is 0.274. The molecule has 0 aromatic heterocycles. The standard InChI is InChI=1S/C8H15NO2/c10-4-8(5-11)2-6-1-7(3-8)9-6/h6-7,9-11H,1-5H2. The van der Waals surface area contributed by atoms with Gasteiger partial charge in [-0.1, -0.05) is 0 Å². The van der Waals surface area contributed by atoms with Gasteiger partial charge in [0.05, 0.1) is 13.2 Å². The summed E-state index contributed by atoms with van der Waals surface area (Å²) in [7, 11) is 0. The molecule has 0 aromatic carbocycles. The van der Waals surface area contributed by atoms with Gasteiger partial charge in [0.2, 0.25) is 0 Å². The molecule has 1 aliphatic carbocycles. The first-order valence-electron chi connectivity index (χ1n) is 4.26. The zero-order valence-corrected chi connectivity index (χ0v) is 6.58. The lowest BCUT2D eigenvalue weighted by molar-refractivity contribution is -0.0358. The summed E-state index contributed by atoms with van der Waals surface area (Å²) in [5, 5.41) is 21.6. The zero-order valence-electron chi connectivity index (χ0n) is 6.58. The zero-order chi connectivity index (χ0) is 7.90. The average Bonchev–Trinajstić information content (AvgIpc) is 2.03. The van der Waals surface area contributed by atoms with Gasteiger partial charge in [-0.15, -0.1) is 0 Å². The van der Waals surface area contributed by atoms with Crippen LogP contribution in [0.5, 0.6) is 0 Å². The minimum Gasteiger partial charge on any atom is -0.396 e. The molecule has 2 atom stereocenters. The first-order valence-corrected chi connectivity index (χ1v) is 4.26. The fraction of sp³-hybridized carbons (Fsp3) is 1.00. The first kappa shape index (κ1) is 7.53. The van der Waals surface area contributed by atoms with Crippen molar-refractivity contribution in [1.29, 1.82) is 0 Å². The molecule has 1 saturated carbocycles. The van der Waals surface area contributed by atoms with Gasteiger partial charge < -0.3 is 15.5 Å². The maximum Gasteiger partial charge on any atom is 0.0510 e. The Balaban J connectivity index is 2.03. The predicted octanol–water partition coefficient (Wildman–Crippen LogP) is -0.518. The number of nitrogens with one attached hydrogen (secondary N) is 1. The molecule has 3 heteroatoms. The second-order valence-corrected chi connectivity index (χ2v) is 4.02. The number of hydrogen-bond donors (Lipinski definition) is 3. The van der Waals surface area contributed by atoms with Crippen LogP contribution in [0.1, 0.15) is 19.3 Å². The summed E-state index contributed by atoms with van der Waals surface area (Å²) in [4.78, 5) is 0. The van der Waals surface area contributed by atoms with Gasteiger partial charge in [0.15, 0.2) is 0 Å². The SMILES string of the molecule is OCC1(CO)CC2CC(C1)N2. The molecule has 3 aliphatic rings. The van der Waals surface area contributed by atoms with Gasteiger partial charge in [-0.25, -0.2) is 0 Å². The van der Waals surface area contributed by atoms with Crippen molar-refractivity contribution in [2.24, 2.45) is 5.41 Å². The molecule has 2 heterocycles. The van der Waals surface area contributed by atoms with Crippen molar-refractivity contribution in [2.75, 3.05) is 13.2 Å². The van der Waals surface area contributed by atoms with Gasteiger partial charge in [0.1, 0.15) is 0 Å². The molecule has 3 fully saturated rings. The monoisotopic (exact) mass is 157 g/mol. The molecule has 0 radical (unpaired) electrons. The van der Waals surface area contributed by atoms with Crippen molar-refractivity contribution in [3.63, 3.8) is 0 Å². The van der Waals surface area contributed by atoms with Gasteiger partial charge in [-0.2, -0.15) is 0 Å². The van der Waals surface area contributed by atoms with E-state index in [1.54, 1.807) is 0 Å². The molecule has 64 valence electrons. The van der Waals surface area contributed by atoms with Crippen molar-refractivity contribution in [1.82, 2.24) is 5.32 Å². The van der Waals surface area contributed by atoms with E-state index in [-0.39, 0.29) is 18.6 Å². The van der Waals surface area contributed by atoms with E-state index in [9.17, 15) is 0 Å². The summed E-state index contributed by atoms with van der Waals surface area (Å²) in [5.41, 5.74) is -0.168. The molecule has 11 heavy (non-hydrogen) atoms. The van der Waals surface area contributed by atoms with Crippen LogP contribution < -0.4 is 5.32 Å². The Bertz CT molecular complexity index is 138. The number of aliphatic hydroxyl groups is 2. The minimum atomic E-state index is -0.168. The molecule has 3 rings (SSSR count). The van der Waals surface area contributed by atoms with Crippen molar-refractivity contribution in [3.8, 4) is 0 Å². The number of hydrogen-bond acceptors (Lipinski definition) is 3. The van der Waals surface area contributed by atoms with Crippen LogP contribution in [0.4, 0.5) is 0 Å². The summed E-state index contributed by atoms with van der Waals surface area (Å²) >= 11 is 0. The lowest BCUT2D eigenvalue weighted by Gasteiger charge is -2.51. The van der Waals surface area contributed by atoms with Gasteiger partial charge in [0.25, 0.3) is 0 Å². The van der Waals surface area contributed by atoms with Crippen LogP contribution in [0, 0.1) is 5.41 Å². The summed E-state index contributed by atoms with van der Waals surface area (Å²) in [6, 6.07) is 1.13.